The van der Waals surface area contributed by atoms with E-state index >= 15 is 0 Å². The molecule has 60 valence electrons. The first-order valence-corrected chi connectivity index (χ1v) is 4.08. The van der Waals surface area contributed by atoms with Crippen LogP contribution < -0.4 is 0 Å². The van der Waals surface area contributed by atoms with Crippen LogP contribution in [-0.4, -0.2) is 18.0 Å². The zero-order valence-electron chi connectivity index (χ0n) is 6.72. The Hall–Kier alpha value is -0.630. The summed E-state index contributed by atoms with van der Waals surface area (Å²) in [6.45, 7) is 2.87. The monoisotopic (exact) mass is 152 g/mol. The van der Waals surface area contributed by atoms with E-state index in [1.165, 1.54) is 5.57 Å². The van der Waals surface area contributed by atoms with Crippen molar-refractivity contribution >= 4 is 5.78 Å². The second-order valence-corrected chi connectivity index (χ2v) is 3.47. The van der Waals surface area contributed by atoms with E-state index in [9.17, 15) is 4.79 Å². The molecule has 0 radical (unpaired) electrons. The molecule has 0 unspecified atom stereocenters. The van der Waals surface area contributed by atoms with Crippen LogP contribution in [0, 0.1) is 0 Å². The Kier molecular flexibility index (Phi) is 1.39. The van der Waals surface area contributed by atoms with Gasteiger partial charge in [-0.3, -0.25) is 4.79 Å². The molecule has 2 rings (SSSR count). The Morgan fingerprint density at radius 2 is 2.36 bits per heavy atom. The molecule has 1 aliphatic heterocycles. The molecule has 0 amide bonds. The van der Waals surface area contributed by atoms with Gasteiger partial charge in [0.25, 0.3) is 0 Å². The number of hydrogen-bond donors (Lipinski definition) is 0. The molecule has 0 aromatic heterocycles. The third-order valence-electron chi connectivity index (χ3n) is 2.65. The zero-order chi connectivity index (χ0) is 7.90. The normalized spacial score (nSPS) is 36.8. The van der Waals surface area contributed by atoms with Gasteiger partial charge in [-0.15, -0.1) is 0 Å². The standard InChI is InChI=1S/C9H12O2/c1-9-4-2-8(10)6-7(9)3-5-11-9/h6H,2-5H2,1H3/t9-/m0/s1. The van der Waals surface area contributed by atoms with Gasteiger partial charge in [0.1, 0.15) is 0 Å². The fourth-order valence-corrected chi connectivity index (χ4v) is 1.83. The summed E-state index contributed by atoms with van der Waals surface area (Å²) in [6, 6.07) is 0. The number of rotatable bonds is 0. The van der Waals surface area contributed by atoms with Crippen LogP contribution in [-0.2, 0) is 9.53 Å². The minimum absolute atomic E-state index is 0.0894. The van der Waals surface area contributed by atoms with Crippen LogP contribution in [0.5, 0.6) is 0 Å². The topological polar surface area (TPSA) is 26.3 Å². The molecule has 1 heterocycles. The van der Waals surface area contributed by atoms with Gasteiger partial charge in [0.05, 0.1) is 12.2 Å². The SMILES string of the molecule is C[C@]12CCC(=O)C=C1CCO2. The molecule has 2 nitrogen and oxygen atoms in total. The Labute approximate surface area is 66.2 Å². The van der Waals surface area contributed by atoms with Crippen molar-refractivity contribution in [2.45, 2.75) is 31.8 Å². The van der Waals surface area contributed by atoms with Crippen LogP contribution in [0.1, 0.15) is 26.2 Å². The minimum Gasteiger partial charge on any atom is -0.371 e. The van der Waals surface area contributed by atoms with Crippen LogP contribution in [0.15, 0.2) is 11.6 Å². The second kappa shape index (κ2) is 2.18. The molecule has 0 N–H and O–H groups in total. The molecule has 11 heavy (non-hydrogen) atoms. The number of ether oxygens (including phenoxy) is 1. The summed E-state index contributed by atoms with van der Waals surface area (Å²) < 4.78 is 5.57. The summed E-state index contributed by atoms with van der Waals surface area (Å²) in [5, 5.41) is 0. The highest BCUT2D eigenvalue weighted by atomic mass is 16.5. The molecule has 2 aliphatic rings. The van der Waals surface area contributed by atoms with E-state index in [4.69, 9.17) is 4.74 Å². The highest BCUT2D eigenvalue weighted by Gasteiger charge is 2.37. The predicted molar refractivity (Wildman–Crippen MR) is 41.3 cm³/mol. The average Bonchev–Trinajstić information content (AvgIpc) is 2.31. The molecule has 0 saturated carbocycles. The molecular formula is C9H12O2. The van der Waals surface area contributed by atoms with Gasteiger partial charge < -0.3 is 4.74 Å². The Bertz CT molecular complexity index is 230. The molecule has 0 aromatic rings. The third-order valence-corrected chi connectivity index (χ3v) is 2.65. The Morgan fingerprint density at radius 1 is 1.55 bits per heavy atom. The molecular weight excluding hydrogens is 140 g/mol. The van der Waals surface area contributed by atoms with Crippen molar-refractivity contribution < 1.29 is 9.53 Å². The second-order valence-electron chi connectivity index (χ2n) is 3.47. The lowest BCUT2D eigenvalue weighted by Gasteiger charge is -2.27. The number of ketones is 1. The maximum atomic E-state index is 11.0. The average molecular weight is 152 g/mol. The molecule has 0 aromatic carbocycles. The first-order chi connectivity index (χ1) is 5.21. The lowest BCUT2D eigenvalue weighted by molar-refractivity contribution is -0.116. The maximum absolute atomic E-state index is 11.0. The van der Waals surface area contributed by atoms with Gasteiger partial charge in [-0.05, 0) is 31.4 Å². The number of allylic oxidation sites excluding steroid dienone is 1. The highest BCUT2D eigenvalue weighted by Crippen LogP contribution is 2.37. The maximum Gasteiger partial charge on any atom is 0.155 e. The molecule has 0 spiro atoms. The van der Waals surface area contributed by atoms with Gasteiger partial charge in [0.15, 0.2) is 5.78 Å². The minimum atomic E-state index is -0.0894. The fraction of sp³-hybridized carbons (Fsp3) is 0.667. The lowest BCUT2D eigenvalue weighted by Crippen LogP contribution is -2.29. The van der Waals surface area contributed by atoms with E-state index in [1.54, 1.807) is 6.08 Å². The van der Waals surface area contributed by atoms with E-state index in [1.807, 2.05) is 0 Å². The van der Waals surface area contributed by atoms with Crippen molar-refractivity contribution in [3.63, 3.8) is 0 Å². The lowest BCUT2D eigenvalue weighted by atomic mass is 9.84. The van der Waals surface area contributed by atoms with Gasteiger partial charge in [0, 0.05) is 6.42 Å². The van der Waals surface area contributed by atoms with Crippen LogP contribution >= 0.6 is 0 Å². The quantitative estimate of drug-likeness (QED) is 0.525. The smallest absolute Gasteiger partial charge is 0.155 e. The number of fused-ring (bicyclic) bond motifs is 1. The number of hydrogen-bond acceptors (Lipinski definition) is 2. The van der Waals surface area contributed by atoms with Crippen molar-refractivity contribution in [1.82, 2.24) is 0 Å². The molecule has 0 bridgehead atoms. The van der Waals surface area contributed by atoms with E-state index in [-0.39, 0.29) is 11.4 Å². The van der Waals surface area contributed by atoms with Crippen molar-refractivity contribution in [3.8, 4) is 0 Å². The van der Waals surface area contributed by atoms with Gasteiger partial charge in [-0.2, -0.15) is 0 Å². The van der Waals surface area contributed by atoms with Crippen LogP contribution in [0.25, 0.3) is 0 Å². The zero-order valence-corrected chi connectivity index (χ0v) is 6.72. The van der Waals surface area contributed by atoms with Crippen LogP contribution in [0.4, 0.5) is 0 Å². The predicted octanol–water partition coefficient (Wildman–Crippen LogP) is 1.45. The van der Waals surface area contributed by atoms with Crippen LogP contribution in [0.2, 0.25) is 0 Å². The molecule has 1 fully saturated rings. The Morgan fingerprint density at radius 3 is 3.18 bits per heavy atom. The first-order valence-electron chi connectivity index (χ1n) is 4.08. The van der Waals surface area contributed by atoms with E-state index in [0.29, 0.717) is 6.42 Å². The molecule has 1 atom stereocenters. The van der Waals surface area contributed by atoms with Crippen LogP contribution in [0.3, 0.4) is 0 Å². The van der Waals surface area contributed by atoms with Gasteiger partial charge in [0.2, 0.25) is 0 Å². The number of carbonyl (C=O) groups is 1. The van der Waals surface area contributed by atoms with Gasteiger partial charge >= 0.3 is 0 Å². The van der Waals surface area contributed by atoms with E-state index in [0.717, 1.165) is 19.4 Å². The molecule has 1 saturated heterocycles. The van der Waals surface area contributed by atoms with Crippen molar-refractivity contribution in [2.24, 2.45) is 0 Å². The summed E-state index contributed by atoms with van der Waals surface area (Å²) >= 11 is 0. The van der Waals surface area contributed by atoms with E-state index < -0.39 is 0 Å². The Balaban J connectivity index is 2.34. The summed E-state index contributed by atoms with van der Waals surface area (Å²) in [5.41, 5.74) is 1.11. The van der Waals surface area contributed by atoms with Crippen molar-refractivity contribution in [2.75, 3.05) is 6.61 Å². The third kappa shape index (κ3) is 1.02. The van der Waals surface area contributed by atoms with Gasteiger partial charge in [-0.1, -0.05) is 0 Å². The van der Waals surface area contributed by atoms with E-state index in [2.05, 4.69) is 6.92 Å². The highest BCUT2D eigenvalue weighted by molar-refractivity contribution is 5.91. The summed E-state index contributed by atoms with van der Waals surface area (Å²) in [7, 11) is 0. The van der Waals surface area contributed by atoms with Crippen molar-refractivity contribution in [1.29, 1.82) is 0 Å². The summed E-state index contributed by atoms with van der Waals surface area (Å²) in [5.74, 6) is 0.267. The fourth-order valence-electron chi connectivity index (χ4n) is 1.83. The number of carbonyl (C=O) groups excluding carboxylic acids is 1. The largest absolute Gasteiger partial charge is 0.371 e. The first kappa shape index (κ1) is 7.04. The molecule has 2 heteroatoms. The summed E-state index contributed by atoms with van der Waals surface area (Å²) in [6.07, 6.45) is 4.25. The summed E-state index contributed by atoms with van der Waals surface area (Å²) in [4.78, 5) is 11.0. The molecule has 1 aliphatic carbocycles. The van der Waals surface area contributed by atoms with Gasteiger partial charge in [-0.25, -0.2) is 0 Å². The van der Waals surface area contributed by atoms with Crippen molar-refractivity contribution in [3.05, 3.63) is 11.6 Å².